The Morgan fingerprint density at radius 1 is 1.00 bits per heavy atom. The Balaban J connectivity index is 1.32. The van der Waals surface area contributed by atoms with Gasteiger partial charge in [0.2, 0.25) is 5.82 Å². The number of carbonyl (C=O) groups is 1. The van der Waals surface area contributed by atoms with E-state index in [9.17, 15) is 4.79 Å². The summed E-state index contributed by atoms with van der Waals surface area (Å²) >= 11 is 0. The van der Waals surface area contributed by atoms with Gasteiger partial charge < -0.3 is 19.5 Å². The minimum Gasteiger partial charge on any atom is -0.488 e. The Hall–Kier alpha value is -4.09. The third-order valence-electron chi connectivity index (χ3n) is 7.62. The molecule has 44 heavy (non-hydrogen) atoms. The van der Waals surface area contributed by atoms with Crippen molar-refractivity contribution >= 4 is 14.2 Å². The summed E-state index contributed by atoms with van der Waals surface area (Å²) in [5.41, 5.74) is 3.23. The zero-order valence-electron chi connectivity index (χ0n) is 25.9. The molecule has 0 spiro atoms. The number of nitrogens with one attached hydrogen (secondary N) is 1. The second-order valence-electron chi connectivity index (χ2n) is 12.5. The van der Waals surface area contributed by atoms with E-state index in [-0.39, 0.29) is 6.73 Å². The van der Waals surface area contributed by atoms with Gasteiger partial charge >= 0.3 is 6.09 Å². The minimum atomic E-state index is -1.18. The summed E-state index contributed by atoms with van der Waals surface area (Å²) in [6.07, 6.45) is 9.00. The molecule has 2 aromatic carbocycles. The van der Waals surface area contributed by atoms with Crippen LogP contribution >= 0.6 is 0 Å². The van der Waals surface area contributed by atoms with Crippen molar-refractivity contribution in [2.24, 2.45) is 5.92 Å². The first-order valence-electron chi connectivity index (χ1n) is 15.4. The van der Waals surface area contributed by atoms with Crippen molar-refractivity contribution in [2.75, 3.05) is 13.2 Å². The number of amides is 1. The molecule has 0 unspecified atom stereocenters. The van der Waals surface area contributed by atoms with Crippen LogP contribution in [0.2, 0.25) is 25.7 Å². The first kappa shape index (κ1) is 31.3. The number of pyridine rings is 1. The molecule has 1 saturated carbocycles. The zero-order chi connectivity index (χ0) is 30.8. The first-order valence-corrected chi connectivity index (χ1v) is 19.1. The molecule has 1 aliphatic rings. The van der Waals surface area contributed by atoms with E-state index >= 15 is 0 Å². The van der Waals surface area contributed by atoms with E-state index in [0.29, 0.717) is 48.6 Å². The predicted molar refractivity (Wildman–Crippen MR) is 172 cm³/mol. The molecule has 2 aromatic heterocycles. The van der Waals surface area contributed by atoms with E-state index in [1.165, 1.54) is 24.1 Å². The molecule has 1 aliphatic carbocycles. The van der Waals surface area contributed by atoms with Gasteiger partial charge in [-0.05, 0) is 59.8 Å². The number of hydrogen-bond donors (Lipinski definition) is 1. The third-order valence-corrected chi connectivity index (χ3v) is 9.33. The minimum absolute atomic E-state index is 0.240. The molecule has 5 rings (SSSR count). The van der Waals surface area contributed by atoms with Gasteiger partial charge in [-0.1, -0.05) is 69.2 Å². The molecular weight excluding hydrogens is 572 g/mol. The highest BCUT2D eigenvalue weighted by molar-refractivity contribution is 6.76. The highest BCUT2D eigenvalue weighted by Gasteiger charge is 2.17. The Morgan fingerprint density at radius 3 is 2.59 bits per heavy atom. The van der Waals surface area contributed by atoms with E-state index in [1.54, 1.807) is 24.5 Å². The fourth-order valence-electron chi connectivity index (χ4n) is 5.07. The number of tetrazole rings is 1. The van der Waals surface area contributed by atoms with Crippen LogP contribution in [-0.2, 0) is 18.1 Å². The number of carbonyl (C=O) groups excluding carboxylic acids is 1. The quantitative estimate of drug-likeness (QED) is 0.127. The van der Waals surface area contributed by atoms with Gasteiger partial charge in [-0.2, -0.15) is 0 Å². The summed E-state index contributed by atoms with van der Waals surface area (Å²) in [6, 6.07) is 18.3. The van der Waals surface area contributed by atoms with Crippen molar-refractivity contribution in [3.63, 3.8) is 0 Å². The van der Waals surface area contributed by atoms with Crippen molar-refractivity contribution < 1.29 is 19.0 Å². The average Bonchev–Trinajstić information content (AvgIpc) is 3.51. The van der Waals surface area contributed by atoms with Gasteiger partial charge in [-0.15, -0.1) is 15.0 Å². The molecule has 4 aromatic rings. The molecule has 0 radical (unpaired) electrons. The van der Waals surface area contributed by atoms with Gasteiger partial charge in [-0.25, -0.2) is 4.79 Å². The fraction of sp³-hybridized carbons (Fsp3) is 0.424. The van der Waals surface area contributed by atoms with Crippen LogP contribution < -0.4 is 14.8 Å². The van der Waals surface area contributed by atoms with Crippen LogP contribution in [0.15, 0.2) is 67.0 Å². The monoisotopic (exact) mass is 614 g/mol. The van der Waals surface area contributed by atoms with E-state index in [1.807, 2.05) is 42.5 Å². The lowest BCUT2D eigenvalue weighted by atomic mass is 9.89. The lowest BCUT2D eigenvalue weighted by molar-refractivity contribution is 0.0674. The highest BCUT2D eigenvalue weighted by Crippen LogP contribution is 2.35. The van der Waals surface area contributed by atoms with Gasteiger partial charge in [0.15, 0.2) is 6.73 Å². The fourth-order valence-corrected chi connectivity index (χ4v) is 5.83. The number of aromatic nitrogens is 5. The molecule has 1 N–H and O–H groups in total. The topological polar surface area (TPSA) is 113 Å². The lowest BCUT2D eigenvalue weighted by Gasteiger charge is -2.21. The van der Waals surface area contributed by atoms with E-state index in [4.69, 9.17) is 14.2 Å². The van der Waals surface area contributed by atoms with Crippen molar-refractivity contribution in [1.82, 2.24) is 30.5 Å². The van der Waals surface area contributed by atoms with Crippen molar-refractivity contribution in [2.45, 2.75) is 71.1 Å². The molecule has 0 bridgehead atoms. The maximum absolute atomic E-state index is 12.7. The van der Waals surface area contributed by atoms with Gasteiger partial charge in [-0.3, -0.25) is 4.98 Å². The number of rotatable bonds is 13. The summed E-state index contributed by atoms with van der Waals surface area (Å²) in [4.78, 5) is 18.6. The van der Waals surface area contributed by atoms with E-state index in [0.717, 1.165) is 35.6 Å². The molecule has 2 heterocycles. The average molecular weight is 615 g/mol. The molecule has 10 nitrogen and oxygen atoms in total. The summed E-state index contributed by atoms with van der Waals surface area (Å²) in [5.74, 6) is 2.00. The van der Waals surface area contributed by atoms with Crippen LogP contribution in [0.4, 0.5) is 4.79 Å². The van der Waals surface area contributed by atoms with Crippen LogP contribution in [0.1, 0.15) is 37.7 Å². The van der Waals surface area contributed by atoms with Crippen LogP contribution in [0.3, 0.4) is 0 Å². The van der Waals surface area contributed by atoms with Crippen LogP contribution in [0.25, 0.3) is 22.5 Å². The Morgan fingerprint density at radius 2 is 1.80 bits per heavy atom. The number of ether oxygens (including phenoxy) is 3. The third kappa shape index (κ3) is 9.45. The Kier molecular flexibility index (Phi) is 10.7. The summed E-state index contributed by atoms with van der Waals surface area (Å²) in [6.45, 7) is 8.87. The normalized spacial score (nSPS) is 13.9. The standard InChI is InChI=1S/C33H42N6O4Si/c1-44(2,3)17-16-41-24-39-37-32(36-38-39)28-18-27(21-34-22-28)30-19-29(43-33(40)35-20-25-10-6-4-7-11-25)14-15-31(30)42-23-26-12-8-5-9-13-26/h5,8-9,12-15,18-19,21-22,25H,4,6-7,10-11,16-17,20,23-24H2,1-3H3,(H,35,40). The second-order valence-corrected chi connectivity index (χ2v) is 18.1. The number of hydrogen-bond acceptors (Lipinski definition) is 8. The van der Waals surface area contributed by atoms with E-state index in [2.05, 4.69) is 45.4 Å². The Labute approximate surface area is 260 Å². The summed E-state index contributed by atoms with van der Waals surface area (Å²) in [7, 11) is -1.18. The van der Waals surface area contributed by atoms with Gasteiger partial charge in [0.25, 0.3) is 0 Å². The maximum atomic E-state index is 12.7. The van der Waals surface area contributed by atoms with Crippen molar-refractivity contribution in [1.29, 1.82) is 0 Å². The molecule has 1 amide bonds. The van der Waals surface area contributed by atoms with Crippen LogP contribution in [0, 0.1) is 5.92 Å². The molecular formula is C33H42N6O4Si. The van der Waals surface area contributed by atoms with Crippen LogP contribution in [-0.4, -0.2) is 52.5 Å². The summed E-state index contributed by atoms with van der Waals surface area (Å²) < 4.78 is 17.7. The van der Waals surface area contributed by atoms with Crippen molar-refractivity contribution in [3.05, 3.63) is 72.6 Å². The largest absolute Gasteiger partial charge is 0.488 e. The van der Waals surface area contributed by atoms with E-state index < -0.39 is 14.2 Å². The van der Waals surface area contributed by atoms with Gasteiger partial charge in [0.05, 0.1) is 0 Å². The maximum Gasteiger partial charge on any atom is 0.412 e. The van der Waals surface area contributed by atoms with Gasteiger partial charge in [0.1, 0.15) is 18.1 Å². The number of nitrogens with zero attached hydrogens (tertiary/aromatic N) is 5. The van der Waals surface area contributed by atoms with Gasteiger partial charge in [0, 0.05) is 50.3 Å². The smallest absolute Gasteiger partial charge is 0.412 e. The molecule has 0 saturated heterocycles. The molecule has 0 aliphatic heterocycles. The molecule has 0 atom stereocenters. The second kappa shape index (κ2) is 15.1. The van der Waals surface area contributed by atoms with Crippen LogP contribution in [0.5, 0.6) is 11.5 Å². The highest BCUT2D eigenvalue weighted by atomic mass is 28.3. The predicted octanol–water partition coefficient (Wildman–Crippen LogP) is 6.96. The molecule has 11 heteroatoms. The first-order chi connectivity index (χ1) is 21.3. The zero-order valence-corrected chi connectivity index (χ0v) is 26.9. The molecule has 232 valence electrons. The van der Waals surface area contributed by atoms with Crippen molar-refractivity contribution in [3.8, 4) is 34.0 Å². The summed E-state index contributed by atoms with van der Waals surface area (Å²) in [5, 5.41) is 15.8. The SMILES string of the molecule is C[Si](C)(C)CCOCn1nnc(-c2cncc(-c3cc(OC(=O)NCC4CCCCC4)ccc3OCc3ccccc3)c2)n1. The molecule has 1 fully saturated rings. The number of benzene rings is 2. The lowest BCUT2D eigenvalue weighted by Crippen LogP contribution is -2.32. The Bertz CT molecular complexity index is 1500.